The maximum Gasteiger partial charge on any atom is 0.0658 e. The largest absolute Gasteiger partial charge is 0.198 e. The molecule has 1 nitrogen and oxygen atoms in total. The van der Waals surface area contributed by atoms with Gasteiger partial charge in [-0.1, -0.05) is 20.8 Å². The van der Waals surface area contributed by atoms with Crippen LogP contribution in [-0.4, -0.2) is 0 Å². The van der Waals surface area contributed by atoms with Crippen molar-refractivity contribution in [1.29, 1.82) is 5.26 Å². The minimum atomic E-state index is 0.322. The van der Waals surface area contributed by atoms with Gasteiger partial charge in [0, 0.05) is 5.92 Å². The van der Waals surface area contributed by atoms with Crippen LogP contribution in [0, 0.1) is 28.6 Å². The molecule has 0 bridgehead atoms. The van der Waals surface area contributed by atoms with Gasteiger partial charge in [0.1, 0.15) is 0 Å². The fourth-order valence-electron chi connectivity index (χ4n) is 1.48. The van der Waals surface area contributed by atoms with Crippen LogP contribution in [0.1, 0.15) is 40.0 Å². The Morgan fingerprint density at radius 2 is 2.00 bits per heavy atom. The van der Waals surface area contributed by atoms with Crippen LogP contribution in [0.3, 0.4) is 0 Å². The van der Waals surface area contributed by atoms with Crippen molar-refractivity contribution >= 4 is 0 Å². The zero-order valence-corrected chi connectivity index (χ0v) is 7.72. The number of nitrogens with zero attached hydrogens (tertiary/aromatic N) is 1. The van der Waals surface area contributed by atoms with Crippen LogP contribution in [0.5, 0.6) is 0 Å². The summed E-state index contributed by atoms with van der Waals surface area (Å²) in [4.78, 5) is 0. The molecular formula is C10H17N. The fraction of sp³-hybridized carbons (Fsp3) is 0.900. The van der Waals surface area contributed by atoms with Gasteiger partial charge in [0.15, 0.2) is 0 Å². The Labute approximate surface area is 69.4 Å². The second-order valence-corrected chi connectivity index (χ2v) is 4.84. The number of hydrogen-bond donors (Lipinski definition) is 0. The quantitative estimate of drug-likeness (QED) is 0.595. The maximum atomic E-state index is 8.85. The second kappa shape index (κ2) is 2.85. The number of hydrogen-bond acceptors (Lipinski definition) is 1. The van der Waals surface area contributed by atoms with Crippen LogP contribution < -0.4 is 0 Å². The summed E-state index contributed by atoms with van der Waals surface area (Å²) in [5, 5.41) is 8.85. The van der Waals surface area contributed by atoms with Crippen molar-refractivity contribution in [2.24, 2.45) is 17.3 Å². The normalized spacial score (nSPS) is 20.9. The van der Waals surface area contributed by atoms with E-state index < -0.39 is 0 Å². The van der Waals surface area contributed by atoms with Crippen molar-refractivity contribution in [1.82, 2.24) is 0 Å². The average molecular weight is 151 g/mol. The lowest BCUT2D eigenvalue weighted by molar-refractivity contribution is 0.312. The SMILES string of the molecule is CC(C)(C)CC(C#N)C1CC1. The van der Waals surface area contributed by atoms with E-state index in [0.717, 1.165) is 12.3 Å². The molecule has 1 rings (SSSR count). The molecule has 0 aromatic carbocycles. The molecule has 1 heteroatoms. The maximum absolute atomic E-state index is 8.85. The topological polar surface area (TPSA) is 23.8 Å². The van der Waals surface area contributed by atoms with Crippen molar-refractivity contribution in [3.8, 4) is 6.07 Å². The third kappa shape index (κ3) is 2.93. The summed E-state index contributed by atoms with van der Waals surface area (Å²) < 4.78 is 0. The predicted molar refractivity (Wildman–Crippen MR) is 45.9 cm³/mol. The summed E-state index contributed by atoms with van der Waals surface area (Å²) in [7, 11) is 0. The van der Waals surface area contributed by atoms with E-state index in [1.807, 2.05) is 0 Å². The van der Waals surface area contributed by atoms with Crippen LogP contribution in [-0.2, 0) is 0 Å². The molecular weight excluding hydrogens is 134 g/mol. The van der Waals surface area contributed by atoms with E-state index in [4.69, 9.17) is 5.26 Å². The highest BCUT2D eigenvalue weighted by molar-refractivity contribution is 4.96. The molecule has 1 aliphatic rings. The van der Waals surface area contributed by atoms with Crippen LogP contribution in [0.15, 0.2) is 0 Å². The lowest BCUT2D eigenvalue weighted by Gasteiger charge is -2.21. The molecule has 0 aliphatic heterocycles. The highest BCUT2D eigenvalue weighted by atomic mass is 14.4. The summed E-state index contributed by atoms with van der Waals surface area (Å²) in [6.45, 7) is 6.62. The summed E-state index contributed by atoms with van der Waals surface area (Å²) >= 11 is 0. The Kier molecular flexibility index (Phi) is 2.23. The van der Waals surface area contributed by atoms with Crippen LogP contribution in [0.2, 0.25) is 0 Å². The Balaban J connectivity index is 2.39. The van der Waals surface area contributed by atoms with Gasteiger partial charge in [0.05, 0.1) is 6.07 Å². The first-order valence-corrected chi connectivity index (χ1v) is 4.42. The first-order valence-electron chi connectivity index (χ1n) is 4.42. The molecule has 0 aromatic heterocycles. The molecule has 0 radical (unpaired) electrons. The Morgan fingerprint density at radius 3 is 2.27 bits per heavy atom. The molecule has 62 valence electrons. The van der Waals surface area contributed by atoms with Gasteiger partial charge in [0.2, 0.25) is 0 Å². The number of rotatable bonds is 2. The van der Waals surface area contributed by atoms with Gasteiger partial charge in [-0.15, -0.1) is 0 Å². The highest BCUT2D eigenvalue weighted by Crippen LogP contribution is 2.41. The molecule has 1 unspecified atom stereocenters. The van der Waals surface area contributed by atoms with Gasteiger partial charge in [-0.25, -0.2) is 0 Å². The fourth-order valence-corrected chi connectivity index (χ4v) is 1.48. The van der Waals surface area contributed by atoms with E-state index >= 15 is 0 Å². The molecule has 0 aromatic rings. The van der Waals surface area contributed by atoms with Crippen LogP contribution >= 0.6 is 0 Å². The van der Waals surface area contributed by atoms with E-state index in [0.29, 0.717) is 11.3 Å². The standard InChI is InChI=1S/C10H17N/c1-10(2,3)6-9(7-11)8-4-5-8/h8-9H,4-6H2,1-3H3. The van der Waals surface area contributed by atoms with E-state index in [2.05, 4.69) is 26.8 Å². The van der Waals surface area contributed by atoms with Crippen LogP contribution in [0.4, 0.5) is 0 Å². The Hall–Kier alpha value is -0.510. The Bertz CT molecular complexity index is 166. The molecule has 1 saturated carbocycles. The van der Waals surface area contributed by atoms with Gasteiger partial charge < -0.3 is 0 Å². The van der Waals surface area contributed by atoms with E-state index in [1.165, 1.54) is 12.8 Å². The summed E-state index contributed by atoms with van der Waals surface area (Å²) in [6.07, 6.45) is 3.64. The lowest BCUT2D eigenvalue weighted by atomic mass is 9.83. The van der Waals surface area contributed by atoms with Crippen molar-refractivity contribution in [3.63, 3.8) is 0 Å². The molecule has 11 heavy (non-hydrogen) atoms. The summed E-state index contributed by atoms with van der Waals surface area (Å²) in [6, 6.07) is 2.42. The molecule has 0 saturated heterocycles. The molecule has 0 spiro atoms. The molecule has 0 N–H and O–H groups in total. The third-order valence-electron chi connectivity index (χ3n) is 2.19. The zero-order valence-electron chi connectivity index (χ0n) is 7.72. The Morgan fingerprint density at radius 1 is 1.45 bits per heavy atom. The van der Waals surface area contributed by atoms with Gasteiger partial charge >= 0.3 is 0 Å². The van der Waals surface area contributed by atoms with Crippen molar-refractivity contribution < 1.29 is 0 Å². The average Bonchev–Trinajstić information content (AvgIpc) is 2.61. The van der Waals surface area contributed by atoms with Gasteiger partial charge in [0.25, 0.3) is 0 Å². The molecule has 0 heterocycles. The van der Waals surface area contributed by atoms with Gasteiger partial charge in [-0.05, 0) is 30.6 Å². The predicted octanol–water partition coefficient (Wildman–Crippen LogP) is 2.97. The summed E-state index contributed by atoms with van der Waals surface area (Å²) in [5.41, 5.74) is 0.322. The van der Waals surface area contributed by atoms with Gasteiger partial charge in [-0.3, -0.25) is 0 Å². The van der Waals surface area contributed by atoms with E-state index in [-0.39, 0.29) is 0 Å². The second-order valence-electron chi connectivity index (χ2n) is 4.84. The van der Waals surface area contributed by atoms with Crippen molar-refractivity contribution in [3.05, 3.63) is 0 Å². The van der Waals surface area contributed by atoms with Crippen LogP contribution in [0.25, 0.3) is 0 Å². The minimum Gasteiger partial charge on any atom is -0.198 e. The monoisotopic (exact) mass is 151 g/mol. The molecule has 0 amide bonds. The first kappa shape index (κ1) is 8.59. The van der Waals surface area contributed by atoms with Gasteiger partial charge in [-0.2, -0.15) is 5.26 Å². The van der Waals surface area contributed by atoms with Crippen molar-refractivity contribution in [2.75, 3.05) is 0 Å². The third-order valence-corrected chi connectivity index (χ3v) is 2.19. The molecule has 1 fully saturated rings. The summed E-state index contributed by atoms with van der Waals surface area (Å²) in [5.74, 6) is 1.06. The van der Waals surface area contributed by atoms with E-state index in [1.54, 1.807) is 0 Å². The first-order chi connectivity index (χ1) is 5.03. The minimum absolute atomic E-state index is 0.322. The zero-order chi connectivity index (χ0) is 8.48. The van der Waals surface area contributed by atoms with E-state index in [9.17, 15) is 0 Å². The number of nitriles is 1. The lowest BCUT2D eigenvalue weighted by Crippen LogP contribution is -2.13. The smallest absolute Gasteiger partial charge is 0.0658 e. The molecule has 1 aliphatic carbocycles. The van der Waals surface area contributed by atoms with Crippen molar-refractivity contribution in [2.45, 2.75) is 40.0 Å². The molecule has 1 atom stereocenters. The highest BCUT2D eigenvalue weighted by Gasteiger charge is 2.33.